The van der Waals surface area contributed by atoms with E-state index in [1.807, 2.05) is 48.5 Å². The molecule has 0 saturated heterocycles. The average Bonchev–Trinajstić information content (AvgIpc) is 2.93. The molecule has 0 unspecified atom stereocenters. The number of fused-ring (bicyclic) bond motifs is 1. The van der Waals surface area contributed by atoms with Crippen molar-refractivity contribution in [3.8, 4) is 5.75 Å². The maximum atomic E-state index is 12.1. The van der Waals surface area contributed by atoms with E-state index in [0.717, 1.165) is 10.9 Å². The van der Waals surface area contributed by atoms with Crippen LogP contribution in [-0.2, 0) is 11.3 Å². The van der Waals surface area contributed by atoms with E-state index in [1.165, 1.54) is 0 Å². The Kier molecular flexibility index (Phi) is 4.10. The summed E-state index contributed by atoms with van der Waals surface area (Å²) in [5.74, 6) is 0.0265. The zero-order valence-electron chi connectivity index (χ0n) is 12.2. The van der Waals surface area contributed by atoms with Crippen LogP contribution >= 0.6 is 0 Å². The summed E-state index contributed by atoms with van der Waals surface area (Å²) in [5, 5.41) is 0.765. The van der Waals surface area contributed by atoms with Gasteiger partial charge in [0.1, 0.15) is 12.2 Å². The van der Waals surface area contributed by atoms with E-state index in [1.54, 1.807) is 13.0 Å². The molecule has 0 bridgehead atoms. The van der Waals surface area contributed by atoms with Crippen molar-refractivity contribution < 1.29 is 18.7 Å². The highest BCUT2D eigenvalue weighted by atomic mass is 16.6. The number of esters is 1. The first-order valence-corrected chi connectivity index (χ1v) is 7.15. The second-order valence-electron chi connectivity index (χ2n) is 4.75. The monoisotopic (exact) mass is 296 g/mol. The number of furan rings is 1. The standard InChI is InChI=1S/C18H16O4/c1-2-20-18(19)17-16(14-10-6-7-11-15(14)22-17)21-12-13-8-4-3-5-9-13/h3-11H,2,12H2,1H3. The first-order valence-electron chi connectivity index (χ1n) is 7.15. The van der Waals surface area contributed by atoms with Gasteiger partial charge < -0.3 is 13.9 Å². The fourth-order valence-corrected chi connectivity index (χ4v) is 2.23. The first kappa shape index (κ1) is 14.2. The summed E-state index contributed by atoms with van der Waals surface area (Å²) in [5.41, 5.74) is 1.62. The molecule has 0 saturated carbocycles. The Morgan fingerprint density at radius 2 is 1.77 bits per heavy atom. The summed E-state index contributed by atoms with van der Waals surface area (Å²) >= 11 is 0. The van der Waals surface area contributed by atoms with Gasteiger partial charge in [-0.25, -0.2) is 4.79 Å². The minimum absolute atomic E-state index is 0.110. The Morgan fingerprint density at radius 3 is 2.55 bits per heavy atom. The maximum Gasteiger partial charge on any atom is 0.378 e. The smallest absolute Gasteiger partial charge is 0.378 e. The van der Waals surface area contributed by atoms with Crippen molar-refractivity contribution in [1.29, 1.82) is 0 Å². The number of hydrogen-bond donors (Lipinski definition) is 0. The van der Waals surface area contributed by atoms with Crippen molar-refractivity contribution in [2.75, 3.05) is 6.61 Å². The minimum atomic E-state index is -0.512. The lowest BCUT2D eigenvalue weighted by molar-refractivity contribution is 0.0486. The Hall–Kier alpha value is -2.75. The number of hydrogen-bond acceptors (Lipinski definition) is 4. The summed E-state index contributed by atoms with van der Waals surface area (Å²) in [7, 11) is 0. The zero-order chi connectivity index (χ0) is 15.4. The van der Waals surface area contributed by atoms with E-state index >= 15 is 0 Å². The lowest BCUT2D eigenvalue weighted by Gasteiger charge is -2.06. The molecule has 0 amide bonds. The van der Waals surface area contributed by atoms with Gasteiger partial charge in [0.15, 0.2) is 5.75 Å². The fourth-order valence-electron chi connectivity index (χ4n) is 2.23. The second kappa shape index (κ2) is 6.35. The molecule has 0 aliphatic carbocycles. The summed E-state index contributed by atoms with van der Waals surface area (Å²) in [6.45, 7) is 2.40. The van der Waals surface area contributed by atoms with E-state index in [2.05, 4.69) is 0 Å². The first-order chi connectivity index (χ1) is 10.8. The van der Waals surface area contributed by atoms with Crippen LogP contribution in [0.2, 0.25) is 0 Å². The van der Waals surface area contributed by atoms with Gasteiger partial charge in [0.25, 0.3) is 5.76 Å². The molecule has 0 atom stereocenters. The summed E-state index contributed by atoms with van der Waals surface area (Å²) in [6.07, 6.45) is 0. The Bertz CT molecular complexity index is 774. The molecule has 4 heteroatoms. The van der Waals surface area contributed by atoms with Crippen LogP contribution in [0.1, 0.15) is 23.0 Å². The largest absolute Gasteiger partial charge is 0.484 e. The van der Waals surface area contributed by atoms with Crippen LogP contribution in [0.25, 0.3) is 11.0 Å². The Balaban J connectivity index is 1.95. The van der Waals surface area contributed by atoms with Crippen molar-refractivity contribution in [2.24, 2.45) is 0 Å². The topological polar surface area (TPSA) is 48.7 Å². The molecule has 0 N–H and O–H groups in total. The highest BCUT2D eigenvalue weighted by Crippen LogP contribution is 2.34. The van der Waals surface area contributed by atoms with Crippen LogP contribution in [0.5, 0.6) is 5.75 Å². The highest BCUT2D eigenvalue weighted by Gasteiger charge is 2.23. The summed E-state index contributed by atoms with van der Waals surface area (Å²) in [4.78, 5) is 12.1. The number of carbonyl (C=O) groups is 1. The average molecular weight is 296 g/mol. The number of rotatable bonds is 5. The quantitative estimate of drug-likeness (QED) is 0.662. The molecular weight excluding hydrogens is 280 g/mol. The molecule has 0 aliphatic rings. The van der Waals surface area contributed by atoms with Gasteiger partial charge in [-0.05, 0) is 24.6 Å². The lowest BCUT2D eigenvalue weighted by atomic mass is 10.2. The zero-order valence-corrected chi connectivity index (χ0v) is 12.2. The summed E-state index contributed by atoms with van der Waals surface area (Å²) < 4.78 is 16.5. The van der Waals surface area contributed by atoms with Gasteiger partial charge in [0, 0.05) is 0 Å². The molecule has 0 radical (unpaired) electrons. The van der Waals surface area contributed by atoms with E-state index < -0.39 is 5.97 Å². The molecular formula is C18H16O4. The predicted octanol–water partition coefficient (Wildman–Crippen LogP) is 4.19. The normalized spacial score (nSPS) is 10.6. The molecule has 22 heavy (non-hydrogen) atoms. The predicted molar refractivity (Wildman–Crippen MR) is 82.9 cm³/mol. The van der Waals surface area contributed by atoms with Crippen molar-refractivity contribution in [1.82, 2.24) is 0 Å². The lowest BCUT2D eigenvalue weighted by Crippen LogP contribution is -2.06. The maximum absolute atomic E-state index is 12.1. The van der Waals surface area contributed by atoms with Crippen LogP contribution in [0.4, 0.5) is 0 Å². The third-order valence-electron chi connectivity index (χ3n) is 3.24. The van der Waals surface area contributed by atoms with E-state index in [0.29, 0.717) is 17.9 Å². The van der Waals surface area contributed by atoms with E-state index in [9.17, 15) is 4.79 Å². The van der Waals surface area contributed by atoms with Gasteiger partial charge in [-0.1, -0.05) is 42.5 Å². The molecule has 3 aromatic rings. The number of ether oxygens (including phenoxy) is 2. The van der Waals surface area contributed by atoms with Crippen LogP contribution in [-0.4, -0.2) is 12.6 Å². The number of carbonyl (C=O) groups excluding carboxylic acids is 1. The molecule has 1 heterocycles. The third-order valence-corrected chi connectivity index (χ3v) is 3.24. The van der Waals surface area contributed by atoms with Gasteiger partial charge in [0.05, 0.1) is 12.0 Å². The van der Waals surface area contributed by atoms with Crippen molar-refractivity contribution in [3.63, 3.8) is 0 Å². The van der Waals surface area contributed by atoms with E-state index in [4.69, 9.17) is 13.9 Å². The number of para-hydroxylation sites is 1. The second-order valence-corrected chi connectivity index (χ2v) is 4.75. The summed E-state index contributed by atoms with van der Waals surface area (Å²) in [6, 6.07) is 17.1. The molecule has 0 aliphatic heterocycles. The third kappa shape index (κ3) is 2.81. The van der Waals surface area contributed by atoms with Crippen LogP contribution < -0.4 is 4.74 Å². The Morgan fingerprint density at radius 1 is 1.05 bits per heavy atom. The van der Waals surface area contributed by atoms with Gasteiger partial charge >= 0.3 is 5.97 Å². The molecule has 3 rings (SSSR count). The number of benzene rings is 2. The molecule has 4 nitrogen and oxygen atoms in total. The van der Waals surface area contributed by atoms with E-state index in [-0.39, 0.29) is 12.4 Å². The molecule has 112 valence electrons. The van der Waals surface area contributed by atoms with Crippen molar-refractivity contribution >= 4 is 16.9 Å². The molecule has 1 aromatic heterocycles. The van der Waals surface area contributed by atoms with Crippen LogP contribution in [0.3, 0.4) is 0 Å². The molecule has 0 spiro atoms. The van der Waals surface area contributed by atoms with Crippen LogP contribution in [0.15, 0.2) is 59.0 Å². The van der Waals surface area contributed by atoms with Gasteiger partial charge in [0.2, 0.25) is 0 Å². The van der Waals surface area contributed by atoms with Gasteiger partial charge in [-0.3, -0.25) is 0 Å². The Labute approximate surface area is 128 Å². The van der Waals surface area contributed by atoms with Crippen molar-refractivity contribution in [2.45, 2.75) is 13.5 Å². The molecule has 0 fully saturated rings. The highest BCUT2D eigenvalue weighted by molar-refractivity contribution is 5.98. The minimum Gasteiger partial charge on any atom is -0.484 e. The van der Waals surface area contributed by atoms with Gasteiger partial charge in [-0.15, -0.1) is 0 Å². The molecule has 2 aromatic carbocycles. The van der Waals surface area contributed by atoms with Crippen LogP contribution in [0, 0.1) is 0 Å². The van der Waals surface area contributed by atoms with Gasteiger partial charge in [-0.2, -0.15) is 0 Å². The fraction of sp³-hybridized carbons (Fsp3) is 0.167. The SMILES string of the molecule is CCOC(=O)c1oc2ccccc2c1OCc1ccccc1. The van der Waals surface area contributed by atoms with Crippen molar-refractivity contribution in [3.05, 3.63) is 65.9 Å².